The van der Waals surface area contributed by atoms with Crippen LogP contribution in [0.4, 0.5) is 0 Å². The first kappa shape index (κ1) is 25.5. The molecule has 0 bridgehead atoms. The van der Waals surface area contributed by atoms with Crippen LogP contribution in [0.1, 0.15) is 34.6 Å². The maximum absolute atomic E-state index is 12.4. The zero-order valence-electron chi connectivity index (χ0n) is 18.2. The van der Waals surface area contributed by atoms with Crippen molar-refractivity contribution >= 4 is 35.5 Å². The van der Waals surface area contributed by atoms with E-state index in [0.717, 1.165) is 0 Å². The van der Waals surface area contributed by atoms with Crippen LogP contribution >= 0.6 is 11.8 Å². The van der Waals surface area contributed by atoms with Crippen LogP contribution in [0, 0.1) is 0 Å². The molecule has 142 valence electrons. The third-order valence-corrected chi connectivity index (χ3v) is 5.94. The van der Waals surface area contributed by atoms with E-state index in [0.29, 0.717) is 6.42 Å². The summed E-state index contributed by atoms with van der Waals surface area (Å²) in [6.07, 6.45) is 0.374. The van der Waals surface area contributed by atoms with E-state index in [2.05, 4.69) is 0 Å². The van der Waals surface area contributed by atoms with Gasteiger partial charge in [-0.05, 0) is 19.4 Å². The van der Waals surface area contributed by atoms with Gasteiger partial charge < -0.3 is 17.7 Å². The Morgan fingerprint density at radius 1 is 1.29 bits per heavy atom. The first-order valence-electron chi connectivity index (χ1n) is 7.99. The number of carboxylic acids is 1. The molecule has 1 aromatic carbocycles. The van der Waals surface area contributed by atoms with E-state index in [1.54, 1.807) is 18.2 Å². The van der Waals surface area contributed by atoms with Gasteiger partial charge in [0.15, 0.2) is 5.92 Å². The smallest absolute Gasteiger partial charge is 1.00 e. The number of carboxylic acid groups (broad SMARTS) is 1. The van der Waals surface area contributed by atoms with Gasteiger partial charge in [0.2, 0.25) is 5.91 Å². The molecule has 2 amide bonds. The molecule has 2 heterocycles. The number of aliphatic carboxylic acids is 1. The Morgan fingerprint density at radius 3 is 2.43 bits per heavy atom. The van der Waals surface area contributed by atoms with Crippen molar-refractivity contribution in [1.29, 1.82) is 0 Å². The summed E-state index contributed by atoms with van der Waals surface area (Å²) in [7, 11) is 0. The minimum Gasteiger partial charge on any atom is -1.00 e. The number of hydrogen-bond acceptors (Lipinski definition) is 6. The normalized spacial score (nSPS) is 22.5. The molecule has 11 heteroatoms. The molecular formula is C17H20N2Na2O6S. The van der Waals surface area contributed by atoms with Crippen molar-refractivity contribution in [3.8, 4) is 0 Å². The first-order valence-corrected chi connectivity index (χ1v) is 8.87. The Kier molecular flexibility index (Phi) is 9.08. The second-order valence-electron chi connectivity index (χ2n) is 6.65. The van der Waals surface area contributed by atoms with E-state index >= 15 is 0 Å². The maximum Gasteiger partial charge on any atom is 1.00 e. The first-order chi connectivity index (χ1) is 12.2. The van der Waals surface area contributed by atoms with Crippen LogP contribution in [-0.4, -0.2) is 49.9 Å². The summed E-state index contributed by atoms with van der Waals surface area (Å²) in [4.78, 5) is 54.2. The number of carbonyl (C=O) groups excluding carboxylic acids is 3. The van der Waals surface area contributed by atoms with E-state index < -0.39 is 34.6 Å². The molecule has 2 N–H and O–H groups in total. The van der Waals surface area contributed by atoms with Gasteiger partial charge in [0.25, 0.3) is 5.91 Å². The summed E-state index contributed by atoms with van der Waals surface area (Å²) in [5.74, 6) is -4.77. The summed E-state index contributed by atoms with van der Waals surface area (Å²) in [5.41, 5.74) is 2.20. The Balaban J connectivity index is 0. The average molecular weight is 426 g/mol. The molecule has 8 nitrogen and oxygen atoms in total. The summed E-state index contributed by atoms with van der Waals surface area (Å²) >= 11 is 1.50. The number of hydrogen-bond donors (Lipinski definition) is 2. The average Bonchev–Trinajstić information content (AvgIpc) is 2.79. The number of fused-ring (bicyclic) bond motifs is 1. The fraction of sp³-hybridized carbons (Fsp3) is 0.412. The van der Waals surface area contributed by atoms with Gasteiger partial charge in [0, 0.05) is 4.75 Å². The Bertz CT molecular complexity index is 787. The summed E-state index contributed by atoms with van der Waals surface area (Å²) in [5, 5.41) is 9.25. The van der Waals surface area contributed by atoms with Crippen molar-refractivity contribution in [3.63, 3.8) is 0 Å². The van der Waals surface area contributed by atoms with E-state index in [1.807, 2.05) is 19.3 Å². The number of nitrogens with zero attached hydrogens (tertiary/aromatic N) is 1. The predicted molar refractivity (Wildman–Crippen MR) is 94.0 cm³/mol. The number of carbonyl (C=O) groups is 4. The minimum atomic E-state index is -1.51. The fourth-order valence-electron chi connectivity index (χ4n) is 3.22. The molecule has 2 saturated heterocycles. The van der Waals surface area contributed by atoms with Gasteiger partial charge in [-0.2, -0.15) is 5.48 Å². The SMILES string of the molecule is CC1(C)S[C@@H]2CC(=O)N2[C@H]1C(=O)ONC(=O)C(C(=O)O)c1ccccc1.[H-].[H-].[Na+].[Na+]. The fourth-order valence-corrected chi connectivity index (χ4v) is 4.84. The van der Waals surface area contributed by atoms with Gasteiger partial charge in [0.1, 0.15) is 6.04 Å². The van der Waals surface area contributed by atoms with E-state index in [4.69, 9.17) is 4.84 Å². The molecule has 3 rings (SSSR count). The van der Waals surface area contributed by atoms with Crippen molar-refractivity contribution < 1.29 is 91.1 Å². The molecule has 28 heavy (non-hydrogen) atoms. The molecule has 0 spiro atoms. The summed E-state index contributed by atoms with van der Waals surface area (Å²) in [6, 6.07) is 7.08. The topological polar surface area (TPSA) is 113 Å². The zero-order chi connectivity index (χ0) is 19.1. The molecule has 0 aromatic heterocycles. The number of hydroxylamine groups is 1. The zero-order valence-corrected chi connectivity index (χ0v) is 21.0. The molecule has 2 aliphatic rings. The monoisotopic (exact) mass is 426 g/mol. The van der Waals surface area contributed by atoms with E-state index in [9.17, 15) is 24.3 Å². The van der Waals surface area contributed by atoms with Crippen LogP contribution in [0.25, 0.3) is 0 Å². The van der Waals surface area contributed by atoms with Crippen LogP contribution in [0.15, 0.2) is 30.3 Å². The molecular weight excluding hydrogens is 406 g/mol. The second kappa shape index (κ2) is 9.97. The van der Waals surface area contributed by atoms with Gasteiger partial charge in [-0.3, -0.25) is 14.4 Å². The largest absolute Gasteiger partial charge is 1.00 e. The molecule has 1 aromatic rings. The molecule has 0 radical (unpaired) electrons. The van der Waals surface area contributed by atoms with Crippen molar-refractivity contribution in [2.75, 3.05) is 0 Å². The van der Waals surface area contributed by atoms with Crippen molar-refractivity contribution in [2.24, 2.45) is 0 Å². The number of thioether (sulfide) groups is 1. The summed E-state index contributed by atoms with van der Waals surface area (Å²) in [6.45, 7) is 3.64. The van der Waals surface area contributed by atoms with Crippen LogP contribution < -0.4 is 64.6 Å². The van der Waals surface area contributed by atoms with Crippen LogP contribution in [-0.2, 0) is 24.0 Å². The standard InChI is InChI=1S/C17H18N2O6S.2Na.2H/c1-17(2)13(19-10(20)8-11(19)26-17)16(24)25-18-14(21)12(15(22)23)9-6-4-3-5-7-9;;;;/h3-7,11-13H,8H2,1-2H3,(H,18,21)(H,22,23);;;;/q;2*+1;2*-1/t11-,12?,13+;;;;/m1..../s1. The Hall–Kier alpha value is -0.550. The van der Waals surface area contributed by atoms with Crippen molar-refractivity contribution in [1.82, 2.24) is 10.4 Å². The third-order valence-electron chi connectivity index (χ3n) is 4.44. The molecule has 3 atom stereocenters. The van der Waals surface area contributed by atoms with Gasteiger partial charge >= 0.3 is 71.1 Å². The number of rotatable bonds is 4. The molecule has 0 saturated carbocycles. The minimum absolute atomic E-state index is 0. The molecule has 0 aliphatic carbocycles. The van der Waals surface area contributed by atoms with Crippen molar-refractivity contribution in [2.45, 2.75) is 42.3 Å². The van der Waals surface area contributed by atoms with Gasteiger partial charge in [-0.1, -0.05) is 30.3 Å². The van der Waals surface area contributed by atoms with Gasteiger partial charge in [-0.25, -0.2) is 4.79 Å². The van der Waals surface area contributed by atoms with Crippen LogP contribution in [0.2, 0.25) is 0 Å². The number of β-lactam (4-membered cyclic amide) rings is 1. The quantitative estimate of drug-likeness (QED) is 0.215. The number of nitrogens with one attached hydrogen (secondary N) is 1. The predicted octanol–water partition coefficient (Wildman–Crippen LogP) is -4.89. The summed E-state index contributed by atoms with van der Waals surface area (Å²) < 4.78 is -0.565. The molecule has 2 fully saturated rings. The number of amides is 2. The Morgan fingerprint density at radius 2 is 1.89 bits per heavy atom. The number of benzene rings is 1. The van der Waals surface area contributed by atoms with E-state index in [1.165, 1.54) is 28.8 Å². The molecule has 1 unspecified atom stereocenters. The van der Waals surface area contributed by atoms with Crippen LogP contribution in [0.3, 0.4) is 0 Å². The van der Waals surface area contributed by atoms with E-state index in [-0.39, 0.29) is 78.8 Å². The molecule has 2 aliphatic heterocycles. The maximum atomic E-state index is 12.4. The van der Waals surface area contributed by atoms with Crippen molar-refractivity contribution in [3.05, 3.63) is 35.9 Å². The third kappa shape index (κ3) is 4.95. The van der Waals surface area contributed by atoms with Crippen LogP contribution in [0.5, 0.6) is 0 Å². The van der Waals surface area contributed by atoms with Gasteiger partial charge in [0.05, 0.1) is 11.8 Å². The van der Waals surface area contributed by atoms with Gasteiger partial charge in [-0.15, -0.1) is 11.8 Å². The second-order valence-corrected chi connectivity index (χ2v) is 8.49. The Labute approximate surface area is 213 Å².